The van der Waals surface area contributed by atoms with Gasteiger partial charge in [0.05, 0.1) is 6.20 Å². The van der Waals surface area contributed by atoms with Gasteiger partial charge in [0.1, 0.15) is 17.3 Å². The molecule has 0 spiro atoms. The van der Waals surface area contributed by atoms with Gasteiger partial charge in [0.25, 0.3) is 0 Å². The average Bonchev–Trinajstić information content (AvgIpc) is 2.33. The Kier molecular flexibility index (Phi) is 3.05. The van der Waals surface area contributed by atoms with Crippen LogP contribution in [0.1, 0.15) is 11.1 Å². The van der Waals surface area contributed by atoms with Gasteiger partial charge in [-0.3, -0.25) is 10.4 Å². The first-order valence-electron chi connectivity index (χ1n) is 5.20. The van der Waals surface area contributed by atoms with Crippen LogP contribution < -0.4 is 10.5 Å². The Morgan fingerprint density at radius 3 is 2.76 bits per heavy atom. The first-order chi connectivity index (χ1) is 8.16. The van der Waals surface area contributed by atoms with E-state index in [1.165, 1.54) is 0 Å². The predicted octanol–water partition coefficient (Wildman–Crippen LogP) is 2.47. The van der Waals surface area contributed by atoms with Gasteiger partial charge in [-0.25, -0.2) is 0 Å². The molecule has 3 N–H and O–H groups in total. The summed E-state index contributed by atoms with van der Waals surface area (Å²) >= 11 is 0. The monoisotopic (exact) mass is 227 g/mol. The molecule has 2 aromatic rings. The number of ether oxygens (including phenoxy) is 1. The zero-order valence-electron chi connectivity index (χ0n) is 9.47. The van der Waals surface area contributed by atoms with Gasteiger partial charge in [0.15, 0.2) is 0 Å². The Balaban J connectivity index is 2.26. The second kappa shape index (κ2) is 4.65. The summed E-state index contributed by atoms with van der Waals surface area (Å²) in [5.41, 5.74) is 7.05. The fourth-order valence-corrected chi connectivity index (χ4v) is 1.47. The summed E-state index contributed by atoms with van der Waals surface area (Å²) in [6, 6.07) is 9.05. The minimum Gasteiger partial charge on any atom is -0.455 e. The third kappa shape index (κ3) is 2.60. The Morgan fingerprint density at radius 1 is 1.35 bits per heavy atom. The Bertz CT molecular complexity index is 538. The third-order valence-corrected chi connectivity index (χ3v) is 2.35. The molecule has 0 radical (unpaired) electrons. The number of nitrogen functional groups attached to an aromatic ring is 1. The van der Waals surface area contributed by atoms with E-state index in [1.54, 1.807) is 24.5 Å². The highest BCUT2D eigenvalue weighted by Gasteiger charge is 2.04. The zero-order chi connectivity index (χ0) is 12.3. The molecule has 0 aliphatic carbocycles. The molecular weight excluding hydrogens is 214 g/mol. The lowest BCUT2D eigenvalue weighted by Gasteiger charge is -2.09. The third-order valence-electron chi connectivity index (χ3n) is 2.35. The summed E-state index contributed by atoms with van der Waals surface area (Å²) in [5, 5.41) is 7.35. The molecule has 0 atom stereocenters. The Morgan fingerprint density at radius 2 is 2.18 bits per heavy atom. The molecule has 0 bridgehead atoms. The van der Waals surface area contributed by atoms with E-state index in [-0.39, 0.29) is 5.84 Å². The van der Waals surface area contributed by atoms with Crippen molar-refractivity contribution in [3.05, 3.63) is 53.9 Å². The lowest BCUT2D eigenvalue weighted by molar-refractivity contribution is 0.476. The van der Waals surface area contributed by atoms with E-state index in [0.29, 0.717) is 11.3 Å². The summed E-state index contributed by atoms with van der Waals surface area (Å²) in [6.45, 7) is 1.91. The number of benzene rings is 1. The molecule has 1 aromatic heterocycles. The predicted molar refractivity (Wildman–Crippen MR) is 66.5 cm³/mol. The molecule has 2 rings (SSSR count). The number of aromatic nitrogens is 1. The number of nitrogens with zero attached hydrogens (tertiary/aromatic N) is 1. The topological polar surface area (TPSA) is 72.0 Å². The molecule has 17 heavy (non-hydrogen) atoms. The van der Waals surface area contributed by atoms with Crippen LogP contribution in [-0.2, 0) is 0 Å². The van der Waals surface area contributed by atoms with Crippen molar-refractivity contribution in [3.63, 3.8) is 0 Å². The highest BCUT2D eigenvalue weighted by atomic mass is 16.5. The second-order valence-electron chi connectivity index (χ2n) is 3.68. The molecule has 0 aliphatic heterocycles. The molecule has 0 aliphatic rings. The summed E-state index contributed by atoms with van der Waals surface area (Å²) in [7, 11) is 0. The number of rotatable bonds is 3. The van der Waals surface area contributed by atoms with Crippen molar-refractivity contribution in [1.82, 2.24) is 4.98 Å². The van der Waals surface area contributed by atoms with Crippen LogP contribution in [0.2, 0.25) is 0 Å². The lowest BCUT2D eigenvalue weighted by Crippen LogP contribution is -2.11. The minimum atomic E-state index is 0.0565. The van der Waals surface area contributed by atoms with Gasteiger partial charge < -0.3 is 10.5 Å². The quantitative estimate of drug-likeness (QED) is 0.625. The van der Waals surface area contributed by atoms with Gasteiger partial charge in [-0.05, 0) is 42.8 Å². The van der Waals surface area contributed by atoms with Gasteiger partial charge in [-0.1, -0.05) is 0 Å². The van der Waals surface area contributed by atoms with E-state index < -0.39 is 0 Å². The van der Waals surface area contributed by atoms with Crippen molar-refractivity contribution in [1.29, 1.82) is 5.41 Å². The first kappa shape index (κ1) is 11.1. The molecule has 1 aromatic carbocycles. The number of nitrogens with two attached hydrogens (primary N) is 1. The molecule has 0 unspecified atom stereocenters. The summed E-state index contributed by atoms with van der Waals surface area (Å²) in [6.07, 6.45) is 3.34. The number of nitrogens with one attached hydrogen (secondary N) is 1. The zero-order valence-corrected chi connectivity index (χ0v) is 9.47. The second-order valence-corrected chi connectivity index (χ2v) is 3.68. The Labute approximate surface area is 99.6 Å². The SMILES string of the molecule is Cc1cc(C(=N)N)ccc1Oc1cccnc1. The number of hydrogen-bond donors (Lipinski definition) is 2. The first-order valence-corrected chi connectivity index (χ1v) is 5.20. The largest absolute Gasteiger partial charge is 0.455 e. The maximum Gasteiger partial charge on any atom is 0.145 e. The van der Waals surface area contributed by atoms with E-state index in [2.05, 4.69) is 4.98 Å². The maximum atomic E-state index is 7.35. The smallest absolute Gasteiger partial charge is 0.145 e. The molecule has 0 saturated carbocycles. The van der Waals surface area contributed by atoms with Crippen molar-refractivity contribution >= 4 is 5.84 Å². The van der Waals surface area contributed by atoms with Crippen LogP contribution in [0.3, 0.4) is 0 Å². The molecule has 1 heterocycles. The minimum absolute atomic E-state index is 0.0565. The van der Waals surface area contributed by atoms with Crippen LogP contribution in [0.15, 0.2) is 42.7 Å². The number of amidine groups is 1. The van der Waals surface area contributed by atoms with Gasteiger partial charge in [0, 0.05) is 11.8 Å². The summed E-state index contributed by atoms with van der Waals surface area (Å²) in [5.74, 6) is 1.48. The number of pyridine rings is 1. The Hall–Kier alpha value is -2.36. The van der Waals surface area contributed by atoms with Gasteiger partial charge in [-0.15, -0.1) is 0 Å². The van der Waals surface area contributed by atoms with Crippen LogP contribution in [0.25, 0.3) is 0 Å². The van der Waals surface area contributed by atoms with E-state index in [1.807, 2.05) is 25.1 Å². The van der Waals surface area contributed by atoms with Crippen molar-refractivity contribution in [3.8, 4) is 11.5 Å². The summed E-state index contributed by atoms with van der Waals surface area (Å²) < 4.78 is 5.67. The van der Waals surface area contributed by atoms with E-state index in [9.17, 15) is 0 Å². The standard InChI is InChI=1S/C13H13N3O/c1-9-7-10(13(14)15)4-5-12(9)17-11-3-2-6-16-8-11/h2-8H,1H3,(H3,14,15). The highest BCUT2D eigenvalue weighted by molar-refractivity contribution is 5.95. The fraction of sp³-hybridized carbons (Fsp3) is 0.0769. The number of aryl methyl sites for hydroxylation is 1. The molecule has 0 fully saturated rings. The van der Waals surface area contributed by atoms with Gasteiger partial charge in [-0.2, -0.15) is 0 Å². The molecule has 0 amide bonds. The van der Waals surface area contributed by atoms with Crippen LogP contribution in [0.5, 0.6) is 11.5 Å². The molecule has 0 saturated heterocycles. The highest BCUT2D eigenvalue weighted by Crippen LogP contribution is 2.24. The van der Waals surface area contributed by atoms with Crippen molar-refractivity contribution < 1.29 is 4.74 Å². The average molecular weight is 227 g/mol. The van der Waals surface area contributed by atoms with Gasteiger partial charge in [0.2, 0.25) is 0 Å². The van der Waals surface area contributed by atoms with E-state index in [0.717, 1.165) is 11.3 Å². The molecule has 4 heteroatoms. The van der Waals surface area contributed by atoms with Crippen molar-refractivity contribution in [2.24, 2.45) is 5.73 Å². The normalized spacial score (nSPS) is 9.94. The van der Waals surface area contributed by atoms with Crippen LogP contribution >= 0.6 is 0 Å². The fourth-order valence-electron chi connectivity index (χ4n) is 1.47. The van der Waals surface area contributed by atoms with E-state index >= 15 is 0 Å². The van der Waals surface area contributed by atoms with Crippen LogP contribution in [0, 0.1) is 12.3 Å². The van der Waals surface area contributed by atoms with Crippen LogP contribution in [-0.4, -0.2) is 10.8 Å². The van der Waals surface area contributed by atoms with Crippen molar-refractivity contribution in [2.45, 2.75) is 6.92 Å². The van der Waals surface area contributed by atoms with Crippen molar-refractivity contribution in [2.75, 3.05) is 0 Å². The van der Waals surface area contributed by atoms with Crippen LogP contribution in [0.4, 0.5) is 0 Å². The molecular formula is C13H13N3O. The maximum absolute atomic E-state index is 7.35. The number of hydrogen-bond acceptors (Lipinski definition) is 3. The lowest BCUT2D eigenvalue weighted by atomic mass is 10.1. The van der Waals surface area contributed by atoms with Gasteiger partial charge >= 0.3 is 0 Å². The summed E-state index contributed by atoms with van der Waals surface area (Å²) in [4.78, 5) is 3.98. The molecule has 86 valence electrons. The molecule has 4 nitrogen and oxygen atoms in total. The van der Waals surface area contributed by atoms with E-state index in [4.69, 9.17) is 15.9 Å².